The van der Waals surface area contributed by atoms with Gasteiger partial charge in [0.25, 0.3) is 0 Å². The number of ether oxygens (including phenoxy) is 2. The molecular formula is C19H16BrClN4O3. The summed E-state index contributed by atoms with van der Waals surface area (Å²) < 4.78 is 13.9. The highest BCUT2D eigenvalue weighted by molar-refractivity contribution is 9.10. The van der Waals surface area contributed by atoms with Gasteiger partial charge in [0.15, 0.2) is 11.5 Å². The van der Waals surface area contributed by atoms with Crippen LogP contribution in [0.3, 0.4) is 0 Å². The number of nitrogens with one attached hydrogen (secondary N) is 1. The average molecular weight is 464 g/mol. The zero-order chi connectivity index (χ0) is 19.7. The fourth-order valence-corrected chi connectivity index (χ4v) is 3.77. The fraction of sp³-hybridized carbons (Fsp3) is 0.211. The number of methoxy groups -OCH3 is 1. The Bertz CT molecular complexity index is 1020. The molecule has 2 aromatic carbocycles. The molecule has 1 N–H and O–H groups in total. The molecule has 0 spiro atoms. The van der Waals surface area contributed by atoms with E-state index in [0.717, 1.165) is 15.6 Å². The maximum Gasteiger partial charge on any atom is 0.229 e. The van der Waals surface area contributed by atoms with Gasteiger partial charge >= 0.3 is 0 Å². The van der Waals surface area contributed by atoms with Crippen molar-refractivity contribution in [1.29, 1.82) is 0 Å². The second-order valence-corrected chi connectivity index (χ2v) is 7.54. The minimum Gasteiger partial charge on any atom is -0.493 e. The summed E-state index contributed by atoms with van der Waals surface area (Å²) >= 11 is 9.49. The first-order valence-corrected chi connectivity index (χ1v) is 9.66. The molecule has 0 radical (unpaired) electrons. The first kappa shape index (κ1) is 18.8. The maximum absolute atomic E-state index is 12.0. The van der Waals surface area contributed by atoms with E-state index in [9.17, 15) is 4.79 Å². The zero-order valence-electron chi connectivity index (χ0n) is 14.9. The minimum absolute atomic E-state index is 0.108. The molecule has 4 rings (SSSR count). The number of hydrogen-bond donors (Lipinski definition) is 1. The molecule has 0 fully saturated rings. The third-order valence-corrected chi connectivity index (χ3v) is 5.27. The van der Waals surface area contributed by atoms with E-state index >= 15 is 0 Å². The maximum atomic E-state index is 12.0. The Morgan fingerprint density at radius 2 is 2.11 bits per heavy atom. The number of amides is 1. The van der Waals surface area contributed by atoms with Gasteiger partial charge in [0.1, 0.15) is 12.9 Å². The van der Waals surface area contributed by atoms with Crippen molar-refractivity contribution in [2.75, 3.05) is 12.4 Å². The van der Waals surface area contributed by atoms with Gasteiger partial charge in [-0.05, 0) is 51.3 Å². The number of halogens is 2. The molecule has 0 unspecified atom stereocenters. The van der Waals surface area contributed by atoms with Crippen LogP contribution in [0.15, 0.2) is 47.2 Å². The number of hydrogen-bond acceptors (Lipinski definition) is 5. The number of fused-ring (bicyclic) bond motifs is 1. The van der Waals surface area contributed by atoms with E-state index in [4.69, 9.17) is 21.1 Å². The van der Waals surface area contributed by atoms with Crippen LogP contribution < -0.4 is 14.8 Å². The van der Waals surface area contributed by atoms with Crippen molar-refractivity contribution in [2.24, 2.45) is 0 Å². The second-order valence-electron chi connectivity index (χ2n) is 6.25. The van der Waals surface area contributed by atoms with E-state index in [1.54, 1.807) is 11.8 Å². The van der Waals surface area contributed by atoms with Crippen LogP contribution in [-0.2, 0) is 11.4 Å². The molecule has 144 valence electrons. The Kier molecular flexibility index (Phi) is 5.23. The summed E-state index contributed by atoms with van der Waals surface area (Å²) in [6.45, 7) is 0.366. The Morgan fingerprint density at radius 1 is 1.32 bits per heavy atom. The van der Waals surface area contributed by atoms with Crippen LogP contribution in [0.25, 0.3) is 0 Å². The van der Waals surface area contributed by atoms with Crippen LogP contribution in [0.2, 0.25) is 5.02 Å². The molecule has 0 bridgehead atoms. The van der Waals surface area contributed by atoms with E-state index in [2.05, 4.69) is 31.3 Å². The molecular weight excluding hydrogens is 448 g/mol. The molecule has 0 saturated heterocycles. The molecule has 0 aliphatic carbocycles. The number of carbonyl (C=O) groups is 1. The summed E-state index contributed by atoms with van der Waals surface area (Å²) in [5.41, 5.74) is 1.85. The highest BCUT2D eigenvalue weighted by Crippen LogP contribution is 2.41. The standard InChI is InChI=1S/C19H16BrClN4O3/c1-27-16-7-12(15-8-17(26)24-19-22-10-23-25(15)19)6-14(20)18(16)28-9-11-2-4-13(21)5-3-11/h2-7,10,15H,8-9H2,1H3,(H,22,23,24,26)/t15-/m0/s1. The van der Waals surface area contributed by atoms with Gasteiger partial charge in [0.05, 0.1) is 24.0 Å². The quantitative estimate of drug-likeness (QED) is 0.613. The Balaban J connectivity index is 1.63. The monoisotopic (exact) mass is 462 g/mol. The molecule has 3 aromatic rings. The molecule has 9 heteroatoms. The number of benzene rings is 2. The molecule has 7 nitrogen and oxygen atoms in total. The van der Waals surface area contributed by atoms with Crippen LogP contribution in [0, 0.1) is 0 Å². The molecule has 1 aliphatic rings. The van der Waals surface area contributed by atoms with Crippen LogP contribution in [0.1, 0.15) is 23.6 Å². The predicted octanol–water partition coefficient (Wildman–Crippen LogP) is 4.21. The van der Waals surface area contributed by atoms with E-state index in [-0.39, 0.29) is 18.4 Å². The largest absolute Gasteiger partial charge is 0.493 e. The lowest BCUT2D eigenvalue weighted by molar-refractivity contribution is -0.117. The minimum atomic E-state index is -0.276. The molecule has 2 heterocycles. The van der Waals surface area contributed by atoms with Gasteiger partial charge in [-0.15, -0.1) is 0 Å². The number of aromatic nitrogens is 3. The number of carbonyl (C=O) groups excluding carboxylic acids is 1. The Hall–Kier alpha value is -2.58. The number of rotatable bonds is 5. The normalized spacial score (nSPS) is 15.7. The Morgan fingerprint density at radius 3 is 2.86 bits per heavy atom. The number of anilines is 1. The van der Waals surface area contributed by atoms with Crippen LogP contribution in [0.4, 0.5) is 5.95 Å². The topological polar surface area (TPSA) is 78.3 Å². The zero-order valence-corrected chi connectivity index (χ0v) is 17.2. The molecule has 0 saturated carbocycles. The molecule has 1 atom stereocenters. The van der Waals surface area contributed by atoms with Crippen molar-refractivity contribution in [3.05, 3.63) is 63.3 Å². The van der Waals surface area contributed by atoms with Gasteiger partial charge in [0, 0.05) is 5.02 Å². The number of nitrogens with zero attached hydrogens (tertiary/aromatic N) is 3. The summed E-state index contributed by atoms with van der Waals surface area (Å²) in [6.07, 6.45) is 1.68. The molecule has 28 heavy (non-hydrogen) atoms. The average Bonchev–Trinajstić information content (AvgIpc) is 3.15. The fourth-order valence-electron chi connectivity index (χ4n) is 3.07. The molecule has 1 amide bonds. The third kappa shape index (κ3) is 3.70. The van der Waals surface area contributed by atoms with Gasteiger partial charge in [-0.25, -0.2) is 4.68 Å². The van der Waals surface area contributed by atoms with Crippen molar-refractivity contribution >= 4 is 39.4 Å². The summed E-state index contributed by atoms with van der Waals surface area (Å²) in [5.74, 6) is 1.47. The third-order valence-electron chi connectivity index (χ3n) is 4.43. The highest BCUT2D eigenvalue weighted by Gasteiger charge is 2.29. The van der Waals surface area contributed by atoms with Crippen molar-refractivity contribution in [3.63, 3.8) is 0 Å². The smallest absolute Gasteiger partial charge is 0.229 e. The van der Waals surface area contributed by atoms with E-state index in [0.29, 0.717) is 29.1 Å². The SMILES string of the molecule is COc1cc([C@@H]2CC(=O)Nc3ncnn32)cc(Br)c1OCc1ccc(Cl)cc1. The van der Waals surface area contributed by atoms with Gasteiger partial charge in [-0.1, -0.05) is 23.7 Å². The summed E-state index contributed by atoms with van der Waals surface area (Å²) in [4.78, 5) is 16.1. The lowest BCUT2D eigenvalue weighted by atomic mass is 10.0. The van der Waals surface area contributed by atoms with Crippen LogP contribution >= 0.6 is 27.5 Å². The first-order chi connectivity index (χ1) is 13.5. The van der Waals surface area contributed by atoms with Crippen molar-refractivity contribution in [1.82, 2.24) is 14.8 Å². The summed E-state index contributed by atoms with van der Waals surface area (Å²) in [5, 5.41) is 7.62. The predicted molar refractivity (Wildman–Crippen MR) is 108 cm³/mol. The molecule has 1 aliphatic heterocycles. The van der Waals surface area contributed by atoms with E-state index in [1.165, 1.54) is 6.33 Å². The van der Waals surface area contributed by atoms with Gasteiger partial charge < -0.3 is 9.47 Å². The lowest BCUT2D eigenvalue weighted by Crippen LogP contribution is -2.29. The van der Waals surface area contributed by atoms with E-state index in [1.807, 2.05) is 36.4 Å². The van der Waals surface area contributed by atoms with Gasteiger partial charge in [-0.2, -0.15) is 10.1 Å². The van der Waals surface area contributed by atoms with Crippen molar-refractivity contribution < 1.29 is 14.3 Å². The van der Waals surface area contributed by atoms with Crippen LogP contribution in [-0.4, -0.2) is 27.8 Å². The Labute approximate surface area is 174 Å². The second kappa shape index (κ2) is 7.81. The van der Waals surface area contributed by atoms with Crippen molar-refractivity contribution in [2.45, 2.75) is 19.1 Å². The first-order valence-electron chi connectivity index (χ1n) is 8.49. The summed E-state index contributed by atoms with van der Waals surface area (Å²) in [6, 6.07) is 10.9. The summed E-state index contributed by atoms with van der Waals surface area (Å²) in [7, 11) is 1.58. The van der Waals surface area contributed by atoms with Gasteiger partial charge in [-0.3, -0.25) is 10.1 Å². The van der Waals surface area contributed by atoms with Crippen LogP contribution in [0.5, 0.6) is 11.5 Å². The highest BCUT2D eigenvalue weighted by atomic mass is 79.9. The van der Waals surface area contributed by atoms with E-state index < -0.39 is 0 Å². The molecule has 1 aromatic heterocycles. The lowest BCUT2D eigenvalue weighted by Gasteiger charge is -2.25. The van der Waals surface area contributed by atoms with Gasteiger partial charge in [0.2, 0.25) is 11.9 Å². The van der Waals surface area contributed by atoms with Crippen molar-refractivity contribution in [3.8, 4) is 11.5 Å².